The van der Waals surface area contributed by atoms with Crippen LogP contribution in [-0.2, 0) is 13.6 Å². The molecule has 4 nitrogen and oxygen atoms in total. The molecule has 1 spiro atoms. The van der Waals surface area contributed by atoms with Crippen LogP contribution in [0.3, 0.4) is 0 Å². The van der Waals surface area contributed by atoms with Gasteiger partial charge in [-0.15, -0.1) is 5.09 Å². The van der Waals surface area contributed by atoms with Crippen LogP contribution in [0.1, 0.15) is 11.7 Å². The molecule has 3 rings (SSSR count). The molecule has 1 aromatic carbocycles. The first-order chi connectivity index (χ1) is 7.38. The zero-order valence-corrected chi connectivity index (χ0v) is 9.15. The average Bonchev–Trinajstić information content (AvgIpc) is 2.91. The lowest BCUT2D eigenvalue weighted by atomic mass is 10.1. The molecule has 1 N–H and O–H groups in total. The van der Waals surface area contributed by atoms with E-state index in [0.29, 0.717) is 13.2 Å². The topological polar surface area (TPSA) is 39.7 Å². The van der Waals surface area contributed by atoms with Crippen LogP contribution < -0.4 is 5.09 Å². The van der Waals surface area contributed by atoms with Crippen LogP contribution in [0.4, 0.5) is 0 Å². The summed E-state index contributed by atoms with van der Waals surface area (Å²) in [5.41, 5.74) is 1.17. The maximum Gasteiger partial charge on any atom is 0.502 e. The largest absolute Gasteiger partial charge is 0.502 e. The first-order valence-electron chi connectivity index (χ1n) is 5.05. The first kappa shape index (κ1) is 9.70. The van der Waals surface area contributed by atoms with E-state index in [1.165, 1.54) is 5.56 Å². The summed E-state index contributed by atoms with van der Waals surface area (Å²) in [5.74, 6) is 0. The van der Waals surface area contributed by atoms with Gasteiger partial charge in [0, 0.05) is 0 Å². The summed E-state index contributed by atoms with van der Waals surface area (Å²) in [5, 5.41) is 3.22. The number of rotatable bonds is 1. The fourth-order valence-electron chi connectivity index (χ4n) is 1.79. The lowest BCUT2D eigenvalue weighted by Gasteiger charge is -2.08. The second-order valence-electron chi connectivity index (χ2n) is 3.53. The van der Waals surface area contributed by atoms with Crippen molar-refractivity contribution in [1.82, 2.24) is 5.09 Å². The summed E-state index contributed by atoms with van der Waals surface area (Å²) in [6, 6.07) is 10.1. The van der Waals surface area contributed by atoms with Gasteiger partial charge in [0.15, 0.2) is 6.10 Å². The van der Waals surface area contributed by atoms with E-state index in [2.05, 4.69) is 17.2 Å². The molecule has 1 aromatic rings. The van der Waals surface area contributed by atoms with Gasteiger partial charge < -0.3 is 0 Å². The van der Waals surface area contributed by atoms with Crippen molar-refractivity contribution in [3.63, 3.8) is 0 Å². The molecule has 2 heterocycles. The maximum absolute atomic E-state index is 5.85. The Labute approximate surface area is 89.2 Å². The lowest BCUT2D eigenvalue weighted by Crippen LogP contribution is -2.09. The molecule has 0 aliphatic carbocycles. The second kappa shape index (κ2) is 3.81. The zero-order valence-electron chi connectivity index (χ0n) is 8.26. The van der Waals surface area contributed by atoms with Gasteiger partial charge in [-0.3, -0.25) is 0 Å². The third kappa shape index (κ3) is 1.80. The maximum atomic E-state index is 5.85. The van der Waals surface area contributed by atoms with E-state index in [1.54, 1.807) is 0 Å². The van der Waals surface area contributed by atoms with Gasteiger partial charge in [0.1, 0.15) is 13.2 Å². The highest BCUT2D eigenvalue weighted by molar-refractivity contribution is 7.59. The average molecular weight is 226 g/mol. The van der Waals surface area contributed by atoms with Crippen molar-refractivity contribution in [3.8, 4) is 0 Å². The summed E-state index contributed by atoms with van der Waals surface area (Å²) in [6.45, 7) is 2.02. The Kier molecular flexibility index (Phi) is 2.47. The Bertz CT molecular complexity index is 340. The van der Waals surface area contributed by atoms with Crippen LogP contribution in [-0.4, -0.2) is 19.8 Å². The van der Waals surface area contributed by atoms with Crippen LogP contribution in [0, 0.1) is 0 Å². The minimum atomic E-state index is -2.17. The fourth-order valence-corrected chi connectivity index (χ4v) is 3.79. The highest BCUT2D eigenvalue weighted by Gasteiger charge is 2.57. The predicted octanol–water partition coefficient (Wildman–Crippen LogP) is 2.07. The van der Waals surface area contributed by atoms with E-state index in [1.807, 2.05) is 18.2 Å². The molecule has 2 fully saturated rings. The van der Waals surface area contributed by atoms with Gasteiger partial charge in [-0.2, -0.15) is 13.6 Å². The molecule has 0 aromatic heterocycles. The molecule has 0 radical (unpaired) electrons. The summed E-state index contributed by atoms with van der Waals surface area (Å²) in [7, 11) is -2.17. The van der Waals surface area contributed by atoms with Crippen molar-refractivity contribution >= 4 is 8.09 Å². The summed E-state index contributed by atoms with van der Waals surface area (Å²) in [4.78, 5) is 0. The molecule has 2 aliphatic rings. The van der Waals surface area contributed by atoms with Gasteiger partial charge in [0.05, 0.1) is 6.54 Å². The molecular formula is C10H13NO3P+. The molecule has 80 valence electrons. The smallest absolute Gasteiger partial charge is 0.160 e. The highest BCUT2D eigenvalue weighted by atomic mass is 31.2. The van der Waals surface area contributed by atoms with Gasteiger partial charge in [-0.1, -0.05) is 30.3 Å². The van der Waals surface area contributed by atoms with Crippen molar-refractivity contribution in [2.24, 2.45) is 0 Å². The van der Waals surface area contributed by atoms with E-state index >= 15 is 0 Å². The van der Waals surface area contributed by atoms with Crippen LogP contribution in [0.2, 0.25) is 0 Å². The molecule has 0 bridgehead atoms. The van der Waals surface area contributed by atoms with Crippen molar-refractivity contribution in [2.75, 3.05) is 19.8 Å². The molecule has 0 amide bonds. The van der Waals surface area contributed by atoms with Crippen molar-refractivity contribution < 1.29 is 13.6 Å². The summed E-state index contributed by atoms with van der Waals surface area (Å²) < 4.78 is 16.9. The Morgan fingerprint density at radius 3 is 2.60 bits per heavy atom. The van der Waals surface area contributed by atoms with Crippen molar-refractivity contribution in [1.29, 1.82) is 0 Å². The minimum Gasteiger partial charge on any atom is -0.160 e. The summed E-state index contributed by atoms with van der Waals surface area (Å²) >= 11 is 0. The van der Waals surface area contributed by atoms with E-state index in [0.717, 1.165) is 6.54 Å². The Balaban J connectivity index is 1.76. The molecule has 2 aliphatic heterocycles. The van der Waals surface area contributed by atoms with Gasteiger partial charge in [-0.05, 0) is 5.56 Å². The molecule has 1 unspecified atom stereocenters. The number of hydrogen-bond acceptors (Lipinski definition) is 4. The SMILES string of the molecule is c1ccc(C2CN[P+]3(OCCO3)O2)cc1. The Morgan fingerprint density at radius 1 is 1.13 bits per heavy atom. The monoisotopic (exact) mass is 226 g/mol. The second-order valence-corrected chi connectivity index (χ2v) is 5.57. The first-order valence-corrected chi connectivity index (χ1v) is 6.59. The van der Waals surface area contributed by atoms with E-state index in [4.69, 9.17) is 13.6 Å². The third-order valence-electron chi connectivity index (χ3n) is 2.51. The van der Waals surface area contributed by atoms with Gasteiger partial charge in [0.2, 0.25) is 0 Å². The van der Waals surface area contributed by atoms with Crippen LogP contribution >= 0.6 is 8.09 Å². The highest BCUT2D eigenvalue weighted by Crippen LogP contribution is 2.66. The Hall–Kier alpha value is -0.510. The molecular weight excluding hydrogens is 213 g/mol. The predicted molar refractivity (Wildman–Crippen MR) is 57.1 cm³/mol. The van der Waals surface area contributed by atoms with Crippen LogP contribution in [0.25, 0.3) is 0 Å². The molecule has 1 atom stereocenters. The minimum absolute atomic E-state index is 0.0534. The number of nitrogens with one attached hydrogen (secondary N) is 1. The van der Waals surface area contributed by atoms with Gasteiger partial charge in [-0.25, -0.2) is 0 Å². The van der Waals surface area contributed by atoms with Gasteiger partial charge >= 0.3 is 8.09 Å². The lowest BCUT2D eigenvalue weighted by molar-refractivity contribution is 0.191. The molecule has 0 saturated carbocycles. The fraction of sp³-hybridized carbons (Fsp3) is 0.400. The molecule has 2 saturated heterocycles. The molecule has 15 heavy (non-hydrogen) atoms. The standard InChI is InChI=1S/C10H13NO3P/c1-2-4-9(5-3-1)10-8-11-15(14-10)12-6-7-13-15/h1-5,10-11H,6-8H2/q+1. The quantitative estimate of drug-likeness (QED) is 0.744. The zero-order chi connectivity index (χ0) is 10.1. The van der Waals surface area contributed by atoms with E-state index in [-0.39, 0.29) is 6.10 Å². The summed E-state index contributed by atoms with van der Waals surface area (Å²) in [6.07, 6.45) is 0.0534. The Morgan fingerprint density at radius 2 is 1.87 bits per heavy atom. The van der Waals surface area contributed by atoms with E-state index < -0.39 is 8.09 Å². The number of benzene rings is 1. The van der Waals surface area contributed by atoms with E-state index in [9.17, 15) is 0 Å². The van der Waals surface area contributed by atoms with Crippen LogP contribution in [0.15, 0.2) is 30.3 Å². The van der Waals surface area contributed by atoms with Crippen LogP contribution in [0.5, 0.6) is 0 Å². The van der Waals surface area contributed by atoms with Crippen molar-refractivity contribution in [3.05, 3.63) is 35.9 Å². The van der Waals surface area contributed by atoms with Crippen molar-refractivity contribution in [2.45, 2.75) is 6.10 Å². The van der Waals surface area contributed by atoms with Gasteiger partial charge in [0.25, 0.3) is 0 Å². The normalized spacial score (nSPS) is 28.7. The molecule has 5 heteroatoms. The number of hydrogen-bond donors (Lipinski definition) is 1. The third-order valence-corrected chi connectivity index (χ3v) is 4.66.